The van der Waals surface area contributed by atoms with E-state index in [9.17, 15) is 4.79 Å². The molecule has 0 radical (unpaired) electrons. The highest BCUT2D eigenvalue weighted by molar-refractivity contribution is 7.99. The third kappa shape index (κ3) is 2.90. The van der Waals surface area contributed by atoms with Crippen LogP contribution in [0.25, 0.3) is 16.6 Å². The quantitative estimate of drug-likeness (QED) is 0.432. The van der Waals surface area contributed by atoms with E-state index in [0.717, 1.165) is 22.2 Å². The van der Waals surface area contributed by atoms with Crippen molar-refractivity contribution in [3.05, 3.63) is 65.4 Å². The molecule has 2 aromatic carbocycles. The number of ketones is 1. The van der Waals surface area contributed by atoms with Gasteiger partial charge in [-0.3, -0.25) is 4.79 Å². The second kappa shape index (κ2) is 6.76. The number of nitrogens with zero attached hydrogens (tertiary/aromatic N) is 4. The molecule has 0 aliphatic rings. The topological polar surface area (TPSA) is 76.5 Å². The number of para-hydroxylation sites is 1. The monoisotopic (exact) mass is 363 g/mol. The molecule has 0 fully saturated rings. The number of benzene rings is 2. The van der Waals surface area contributed by atoms with Crippen LogP contribution in [0.15, 0.2) is 53.8 Å². The largest absolute Gasteiger partial charge is 0.360 e. The Kier molecular flexibility index (Phi) is 4.30. The van der Waals surface area contributed by atoms with Gasteiger partial charge in [0.05, 0.1) is 11.4 Å². The van der Waals surface area contributed by atoms with Crippen LogP contribution >= 0.6 is 11.8 Å². The van der Waals surface area contributed by atoms with E-state index in [1.807, 2.05) is 43.3 Å². The van der Waals surface area contributed by atoms with Gasteiger partial charge in [0.25, 0.3) is 0 Å². The number of carbonyl (C=O) groups is 1. The zero-order valence-corrected chi connectivity index (χ0v) is 15.2. The van der Waals surface area contributed by atoms with Crippen molar-refractivity contribution in [2.75, 3.05) is 5.75 Å². The Morgan fingerprint density at radius 3 is 2.88 bits per heavy atom. The summed E-state index contributed by atoms with van der Waals surface area (Å²) in [5.41, 5.74) is 4.87. The Balaban J connectivity index is 1.57. The van der Waals surface area contributed by atoms with E-state index in [-0.39, 0.29) is 11.5 Å². The lowest BCUT2D eigenvalue weighted by molar-refractivity contribution is 0.102. The van der Waals surface area contributed by atoms with Crippen molar-refractivity contribution in [2.45, 2.75) is 19.0 Å². The Hall–Kier alpha value is -2.93. The third-order valence-corrected chi connectivity index (χ3v) is 5.39. The minimum atomic E-state index is 0.0444. The normalized spacial score (nSPS) is 11.2. The van der Waals surface area contributed by atoms with Crippen LogP contribution in [0.5, 0.6) is 0 Å². The van der Waals surface area contributed by atoms with Gasteiger partial charge >= 0.3 is 0 Å². The standard InChI is InChI=1S/C19H17N5OS/c1-12-6-5-9-17(13(12)2)24-19(21-22-23-24)26-11-18(25)15-10-20-16-8-4-3-7-14(15)16/h3-10,20H,11H2,1-2H3. The van der Waals surface area contributed by atoms with Crippen LogP contribution < -0.4 is 0 Å². The fourth-order valence-corrected chi connectivity index (χ4v) is 3.66. The molecule has 0 saturated heterocycles. The third-order valence-electron chi connectivity index (χ3n) is 4.47. The van der Waals surface area contributed by atoms with Gasteiger partial charge in [-0.15, -0.1) is 5.10 Å². The number of hydrogen-bond acceptors (Lipinski definition) is 5. The molecule has 0 unspecified atom stereocenters. The predicted octanol–water partition coefficient (Wildman–Crippen LogP) is 3.74. The van der Waals surface area contributed by atoms with Gasteiger partial charge in [-0.05, 0) is 47.5 Å². The van der Waals surface area contributed by atoms with Gasteiger partial charge in [0.2, 0.25) is 5.16 Å². The molecule has 26 heavy (non-hydrogen) atoms. The van der Waals surface area contributed by atoms with E-state index in [4.69, 9.17) is 0 Å². The number of fused-ring (bicyclic) bond motifs is 1. The summed E-state index contributed by atoms with van der Waals surface area (Å²) < 4.78 is 1.69. The molecule has 7 heteroatoms. The molecule has 0 bridgehead atoms. The van der Waals surface area contributed by atoms with Gasteiger partial charge in [-0.25, -0.2) is 0 Å². The Morgan fingerprint density at radius 1 is 1.15 bits per heavy atom. The van der Waals surface area contributed by atoms with E-state index in [0.29, 0.717) is 10.7 Å². The summed E-state index contributed by atoms with van der Waals surface area (Å²) in [5.74, 6) is 0.315. The van der Waals surface area contributed by atoms with Crippen LogP contribution in [0.4, 0.5) is 0 Å². The van der Waals surface area contributed by atoms with Gasteiger partial charge in [0, 0.05) is 22.7 Å². The van der Waals surface area contributed by atoms with Crippen molar-refractivity contribution >= 4 is 28.4 Å². The smallest absolute Gasteiger partial charge is 0.214 e. The molecule has 2 aromatic heterocycles. The van der Waals surface area contributed by atoms with Crippen LogP contribution in [-0.2, 0) is 0 Å². The van der Waals surface area contributed by atoms with Crippen LogP contribution in [0.3, 0.4) is 0 Å². The molecular formula is C19H17N5OS. The zero-order valence-electron chi connectivity index (χ0n) is 14.4. The molecule has 2 heterocycles. The Bertz CT molecular complexity index is 1100. The van der Waals surface area contributed by atoms with Crippen LogP contribution in [0.1, 0.15) is 21.5 Å². The predicted molar refractivity (Wildman–Crippen MR) is 102 cm³/mol. The number of aryl methyl sites for hydroxylation is 1. The number of thioether (sulfide) groups is 1. The van der Waals surface area contributed by atoms with E-state index in [2.05, 4.69) is 33.5 Å². The molecule has 0 spiro atoms. The minimum absolute atomic E-state index is 0.0444. The molecule has 0 amide bonds. The summed E-state index contributed by atoms with van der Waals surface area (Å²) >= 11 is 1.34. The molecule has 4 rings (SSSR count). The minimum Gasteiger partial charge on any atom is -0.360 e. The second-order valence-electron chi connectivity index (χ2n) is 6.05. The van der Waals surface area contributed by atoms with Crippen LogP contribution in [-0.4, -0.2) is 36.7 Å². The highest BCUT2D eigenvalue weighted by Crippen LogP contribution is 2.24. The lowest BCUT2D eigenvalue weighted by Crippen LogP contribution is -2.06. The number of H-pyrrole nitrogens is 1. The van der Waals surface area contributed by atoms with Crippen molar-refractivity contribution < 1.29 is 4.79 Å². The lowest BCUT2D eigenvalue weighted by Gasteiger charge is -2.09. The summed E-state index contributed by atoms with van der Waals surface area (Å²) in [6.07, 6.45) is 1.77. The Labute approximate surface area is 154 Å². The number of nitrogens with one attached hydrogen (secondary N) is 1. The maximum absolute atomic E-state index is 12.7. The highest BCUT2D eigenvalue weighted by atomic mass is 32.2. The fraction of sp³-hybridized carbons (Fsp3) is 0.158. The Morgan fingerprint density at radius 2 is 2.00 bits per heavy atom. The summed E-state index contributed by atoms with van der Waals surface area (Å²) in [6.45, 7) is 4.09. The number of rotatable bonds is 5. The summed E-state index contributed by atoms with van der Waals surface area (Å²) in [7, 11) is 0. The number of Topliss-reactive ketones (excluding diaryl/α,β-unsaturated/α-hetero) is 1. The first-order valence-electron chi connectivity index (χ1n) is 8.22. The van der Waals surface area contributed by atoms with Crippen molar-refractivity contribution in [1.29, 1.82) is 0 Å². The average Bonchev–Trinajstić information content (AvgIpc) is 3.29. The molecule has 4 aromatic rings. The molecular weight excluding hydrogens is 346 g/mol. The maximum Gasteiger partial charge on any atom is 0.214 e. The molecule has 6 nitrogen and oxygen atoms in total. The summed E-state index contributed by atoms with van der Waals surface area (Å²) in [4.78, 5) is 15.8. The van der Waals surface area contributed by atoms with Crippen molar-refractivity contribution in [3.63, 3.8) is 0 Å². The van der Waals surface area contributed by atoms with Crippen LogP contribution in [0.2, 0.25) is 0 Å². The van der Waals surface area contributed by atoms with Crippen molar-refractivity contribution in [1.82, 2.24) is 25.2 Å². The van der Waals surface area contributed by atoms with Gasteiger partial charge in [0.15, 0.2) is 5.78 Å². The van der Waals surface area contributed by atoms with E-state index >= 15 is 0 Å². The molecule has 0 saturated carbocycles. The van der Waals surface area contributed by atoms with Gasteiger partial charge in [0.1, 0.15) is 0 Å². The first-order valence-corrected chi connectivity index (χ1v) is 9.21. The average molecular weight is 363 g/mol. The zero-order chi connectivity index (χ0) is 18.1. The molecule has 0 aliphatic heterocycles. The maximum atomic E-state index is 12.7. The molecule has 0 atom stereocenters. The SMILES string of the molecule is Cc1cccc(-n2nnnc2SCC(=O)c2c[nH]c3ccccc23)c1C. The van der Waals surface area contributed by atoms with E-state index in [1.165, 1.54) is 17.3 Å². The van der Waals surface area contributed by atoms with Gasteiger partial charge < -0.3 is 4.98 Å². The van der Waals surface area contributed by atoms with Crippen molar-refractivity contribution in [2.24, 2.45) is 0 Å². The number of hydrogen-bond donors (Lipinski definition) is 1. The molecule has 0 aliphatic carbocycles. The summed E-state index contributed by atoms with van der Waals surface area (Å²) in [6, 6.07) is 13.8. The number of aromatic amines is 1. The molecule has 1 N–H and O–H groups in total. The van der Waals surface area contributed by atoms with Gasteiger partial charge in [-0.2, -0.15) is 4.68 Å². The summed E-state index contributed by atoms with van der Waals surface area (Å²) in [5, 5.41) is 13.5. The fourth-order valence-electron chi connectivity index (χ4n) is 2.90. The second-order valence-corrected chi connectivity index (χ2v) is 6.99. The number of aromatic nitrogens is 5. The lowest BCUT2D eigenvalue weighted by atomic mass is 10.1. The number of carbonyl (C=O) groups excluding carboxylic acids is 1. The van der Waals surface area contributed by atoms with E-state index in [1.54, 1.807) is 10.9 Å². The van der Waals surface area contributed by atoms with E-state index < -0.39 is 0 Å². The first-order chi connectivity index (χ1) is 12.6. The van der Waals surface area contributed by atoms with Crippen LogP contribution in [0, 0.1) is 13.8 Å². The van der Waals surface area contributed by atoms with Gasteiger partial charge in [-0.1, -0.05) is 42.1 Å². The highest BCUT2D eigenvalue weighted by Gasteiger charge is 2.16. The van der Waals surface area contributed by atoms with Crippen molar-refractivity contribution in [3.8, 4) is 5.69 Å². The first kappa shape index (κ1) is 16.5. The molecule has 130 valence electrons. The number of tetrazole rings is 1.